The van der Waals surface area contributed by atoms with Crippen LogP contribution in [0, 0.1) is 17.3 Å². The Kier molecular flexibility index (Phi) is 4.16. The summed E-state index contributed by atoms with van der Waals surface area (Å²) in [7, 11) is 0. The zero-order valence-electron chi connectivity index (χ0n) is 12.0. The van der Waals surface area contributed by atoms with Crippen LogP contribution in [-0.2, 0) is 9.59 Å². The maximum atomic E-state index is 12.5. The van der Waals surface area contributed by atoms with Crippen LogP contribution in [0.15, 0.2) is 0 Å². The van der Waals surface area contributed by atoms with E-state index < -0.39 is 11.4 Å². The standard InChI is InChI=1S/C15H25NO3/c1-3-7-15(14(18)19)8-9-16(10-15)13(17)12-6-4-5-11(12)2/h11-12H,3-10H2,1-2H3,(H,18,19). The lowest BCUT2D eigenvalue weighted by Gasteiger charge is -2.26. The van der Waals surface area contributed by atoms with Crippen LogP contribution in [0.1, 0.15) is 52.4 Å². The molecule has 0 bridgehead atoms. The first-order valence-corrected chi connectivity index (χ1v) is 7.52. The first-order chi connectivity index (χ1) is 9.00. The molecule has 0 spiro atoms. The van der Waals surface area contributed by atoms with Crippen molar-refractivity contribution >= 4 is 11.9 Å². The third-order valence-electron chi connectivity index (χ3n) is 5.03. The Balaban J connectivity index is 2.04. The molecule has 2 rings (SSSR count). The molecule has 1 aliphatic heterocycles. The Morgan fingerprint density at radius 3 is 2.63 bits per heavy atom. The number of likely N-dealkylation sites (tertiary alicyclic amines) is 1. The zero-order chi connectivity index (χ0) is 14.0. The Hall–Kier alpha value is -1.06. The van der Waals surface area contributed by atoms with Gasteiger partial charge in [0.2, 0.25) is 5.91 Å². The van der Waals surface area contributed by atoms with Crippen LogP contribution in [0.25, 0.3) is 0 Å². The number of hydrogen-bond donors (Lipinski definition) is 1. The van der Waals surface area contributed by atoms with Crippen molar-refractivity contribution < 1.29 is 14.7 Å². The largest absolute Gasteiger partial charge is 0.481 e. The highest BCUT2D eigenvalue weighted by molar-refractivity contribution is 5.82. The van der Waals surface area contributed by atoms with Crippen LogP contribution >= 0.6 is 0 Å². The Labute approximate surface area is 115 Å². The molecule has 19 heavy (non-hydrogen) atoms. The third-order valence-corrected chi connectivity index (χ3v) is 5.03. The lowest BCUT2D eigenvalue weighted by molar-refractivity contribution is -0.149. The molecule has 1 amide bonds. The summed E-state index contributed by atoms with van der Waals surface area (Å²) in [6.45, 7) is 5.18. The van der Waals surface area contributed by atoms with Crippen LogP contribution in [0.4, 0.5) is 0 Å². The molecule has 0 aromatic heterocycles. The number of amides is 1. The second-order valence-electron chi connectivity index (χ2n) is 6.36. The third kappa shape index (κ3) is 2.63. The molecule has 1 heterocycles. The van der Waals surface area contributed by atoms with Crippen LogP contribution in [0.5, 0.6) is 0 Å². The van der Waals surface area contributed by atoms with Gasteiger partial charge in [0, 0.05) is 19.0 Å². The fourth-order valence-corrected chi connectivity index (χ4v) is 3.77. The highest BCUT2D eigenvalue weighted by Crippen LogP contribution is 2.39. The van der Waals surface area contributed by atoms with Crippen LogP contribution in [0.3, 0.4) is 0 Å². The van der Waals surface area contributed by atoms with Gasteiger partial charge in [0.25, 0.3) is 0 Å². The molecule has 3 atom stereocenters. The minimum Gasteiger partial charge on any atom is -0.481 e. The van der Waals surface area contributed by atoms with Crippen molar-refractivity contribution in [2.45, 2.75) is 52.4 Å². The molecule has 4 heteroatoms. The summed E-state index contributed by atoms with van der Waals surface area (Å²) in [5.41, 5.74) is -0.688. The Morgan fingerprint density at radius 2 is 2.11 bits per heavy atom. The van der Waals surface area contributed by atoms with Crippen LogP contribution < -0.4 is 0 Å². The molecule has 1 saturated heterocycles. The van der Waals surface area contributed by atoms with Crippen LogP contribution in [-0.4, -0.2) is 35.0 Å². The maximum absolute atomic E-state index is 12.5. The van der Waals surface area contributed by atoms with E-state index in [4.69, 9.17) is 0 Å². The summed E-state index contributed by atoms with van der Waals surface area (Å²) in [6, 6.07) is 0. The van der Waals surface area contributed by atoms with Gasteiger partial charge < -0.3 is 10.0 Å². The molecule has 3 unspecified atom stereocenters. The molecule has 4 nitrogen and oxygen atoms in total. The first-order valence-electron chi connectivity index (χ1n) is 7.52. The summed E-state index contributed by atoms with van der Waals surface area (Å²) in [4.78, 5) is 25.9. The minimum absolute atomic E-state index is 0.131. The van der Waals surface area contributed by atoms with Crippen LogP contribution in [0.2, 0.25) is 0 Å². The van der Waals surface area contributed by atoms with Gasteiger partial charge in [-0.25, -0.2) is 0 Å². The second-order valence-corrected chi connectivity index (χ2v) is 6.36. The van der Waals surface area contributed by atoms with Gasteiger partial charge >= 0.3 is 5.97 Å². The molecule has 1 aliphatic carbocycles. The number of aliphatic carboxylic acids is 1. The predicted octanol–water partition coefficient (Wildman–Crippen LogP) is 2.53. The molecule has 0 aromatic carbocycles. The van der Waals surface area contributed by atoms with E-state index in [0.29, 0.717) is 31.8 Å². The van der Waals surface area contributed by atoms with Gasteiger partial charge in [0.15, 0.2) is 0 Å². The fourth-order valence-electron chi connectivity index (χ4n) is 3.77. The summed E-state index contributed by atoms with van der Waals surface area (Å²) < 4.78 is 0. The first kappa shape index (κ1) is 14.4. The van der Waals surface area contributed by atoms with E-state index in [1.165, 1.54) is 0 Å². The summed E-state index contributed by atoms with van der Waals surface area (Å²) in [6.07, 6.45) is 5.38. The zero-order valence-corrected chi connectivity index (χ0v) is 12.0. The SMILES string of the molecule is CCCC1(C(=O)O)CCN(C(=O)C2CCCC2C)C1. The smallest absolute Gasteiger partial charge is 0.311 e. The number of hydrogen-bond acceptors (Lipinski definition) is 2. The lowest BCUT2D eigenvalue weighted by atomic mass is 9.82. The summed E-state index contributed by atoms with van der Waals surface area (Å²) in [5.74, 6) is 0.0538. The quantitative estimate of drug-likeness (QED) is 0.851. The van der Waals surface area contributed by atoms with Crippen molar-refractivity contribution in [2.75, 3.05) is 13.1 Å². The number of carboxylic acids is 1. The van der Waals surface area contributed by atoms with Gasteiger partial charge in [-0.2, -0.15) is 0 Å². The van der Waals surface area contributed by atoms with Gasteiger partial charge in [-0.1, -0.05) is 26.7 Å². The Morgan fingerprint density at radius 1 is 1.37 bits per heavy atom. The van der Waals surface area contributed by atoms with E-state index >= 15 is 0 Å². The molecule has 2 aliphatic rings. The number of carbonyl (C=O) groups is 2. The molecule has 0 radical (unpaired) electrons. The predicted molar refractivity (Wildman–Crippen MR) is 72.7 cm³/mol. The lowest BCUT2D eigenvalue weighted by Crippen LogP contribution is -2.39. The topological polar surface area (TPSA) is 57.6 Å². The summed E-state index contributed by atoms with van der Waals surface area (Å²) in [5, 5.41) is 9.47. The number of carboxylic acid groups (broad SMARTS) is 1. The van der Waals surface area contributed by atoms with E-state index in [0.717, 1.165) is 25.7 Å². The average molecular weight is 267 g/mol. The molecule has 1 N–H and O–H groups in total. The number of nitrogens with zero attached hydrogens (tertiary/aromatic N) is 1. The summed E-state index contributed by atoms with van der Waals surface area (Å²) >= 11 is 0. The van der Waals surface area contributed by atoms with Gasteiger partial charge in [-0.3, -0.25) is 9.59 Å². The normalized spacial score (nSPS) is 34.7. The fraction of sp³-hybridized carbons (Fsp3) is 0.867. The molecule has 108 valence electrons. The van der Waals surface area contributed by atoms with Crippen molar-refractivity contribution in [3.8, 4) is 0 Å². The molecular weight excluding hydrogens is 242 g/mol. The minimum atomic E-state index is -0.732. The molecular formula is C15H25NO3. The monoisotopic (exact) mass is 267 g/mol. The van der Waals surface area contributed by atoms with Gasteiger partial charge in [-0.05, 0) is 31.6 Å². The highest BCUT2D eigenvalue weighted by Gasteiger charge is 2.47. The van der Waals surface area contributed by atoms with E-state index in [1.807, 2.05) is 11.8 Å². The second kappa shape index (κ2) is 5.51. The average Bonchev–Trinajstić information content (AvgIpc) is 2.96. The van der Waals surface area contributed by atoms with E-state index in [1.54, 1.807) is 0 Å². The van der Waals surface area contributed by atoms with Gasteiger partial charge in [0.1, 0.15) is 0 Å². The van der Waals surface area contributed by atoms with Crippen molar-refractivity contribution in [1.82, 2.24) is 4.90 Å². The molecule has 0 aromatic rings. The van der Waals surface area contributed by atoms with E-state index in [9.17, 15) is 14.7 Å². The van der Waals surface area contributed by atoms with Crippen molar-refractivity contribution in [1.29, 1.82) is 0 Å². The van der Waals surface area contributed by atoms with Crippen molar-refractivity contribution in [3.05, 3.63) is 0 Å². The Bertz CT molecular complexity index is 368. The van der Waals surface area contributed by atoms with E-state index in [2.05, 4.69) is 6.92 Å². The van der Waals surface area contributed by atoms with Crippen molar-refractivity contribution in [3.63, 3.8) is 0 Å². The number of rotatable bonds is 4. The van der Waals surface area contributed by atoms with E-state index in [-0.39, 0.29) is 11.8 Å². The molecule has 1 saturated carbocycles. The molecule has 2 fully saturated rings. The highest BCUT2D eigenvalue weighted by atomic mass is 16.4. The number of carbonyl (C=O) groups excluding carboxylic acids is 1. The van der Waals surface area contributed by atoms with Crippen molar-refractivity contribution in [2.24, 2.45) is 17.3 Å². The van der Waals surface area contributed by atoms with Gasteiger partial charge in [0.05, 0.1) is 5.41 Å². The van der Waals surface area contributed by atoms with Gasteiger partial charge in [-0.15, -0.1) is 0 Å². The maximum Gasteiger partial charge on any atom is 0.311 e.